The van der Waals surface area contributed by atoms with Crippen LogP contribution in [0.2, 0.25) is 5.02 Å². The molecule has 1 aliphatic carbocycles. The fourth-order valence-corrected chi connectivity index (χ4v) is 3.79. The van der Waals surface area contributed by atoms with Gasteiger partial charge in [-0.05, 0) is 37.7 Å². The zero-order valence-electron chi connectivity index (χ0n) is 12.8. The molecule has 24 heavy (non-hydrogen) atoms. The van der Waals surface area contributed by atoms with E-state index in [-0.39, 0.29) is 27.5 Å². The first kappa shape index (κ1) is 17.2. The van der Waals surface area contributed by atoms with E-state index < -0.39 is 10.0 Å². The van der Waals surface area contributed by atoms with Crippen LogP contribution in [0.3, 0.4) is 0 Å². The molecule has 1 amide bonds. The van der Waals surface area contributed by atoms with Gasteiger partial charge in [0.15, 0.2) is 0 Å². The molecule has 0 atom stereocenters. The lowest BCUT2D eigenvalue weighted by molar-refractivity contribution is 0.00695. The monoisotopic (exact) mass is 375 g/mol. The number of hydrogen-bond acceptors (Lipinski definition) is 6. The first-order valence-corrected chi connectivity index (χ1v) is 9.48. The van der Waals surface area contributed by atoms with Gasteiger partial charge in [0.25, 0.3) is 0 Å². The second kappa shape index (κ2) is 6.38. The summed E-state index contributed by atoms with van der Waals surface area (Å²) in [5, 5.41) is 7.82. The van der Waals surface area contributed by atoms with Gasteiger partial charge < -0.3 is 14.8 Å². The number of nitrogens with zero attached hydrogens (tertiary/aromatic N) is 1. The van der Waals surface area contributed by atoms with Crippen molar-refractivity contribution in [3.63, 3.8) is 0 Å². The third-order valence-corrected chi connectivity index (χ3v) is 5.60. The number of hydrogen-bond donors (Lipinski definition) is 2. The van der Waals surface area contributed by atoms with Gasteiger partial charge in [-0.15, -0.1) is 0 Å². The number of carbonyl (C=O) groups is 1. The van der Waals surface area contributed by atoms with Crippen molar-refractivity contribution >= 4 is 27.7 Å². The molecule has 1 aliphatic heterocycles. The maximum atomic E-state index is 11.2. The number of rotatable bonds is 4. The molecule has 0 unspecified atom stereocenters. The average molecular weight is 376 g/mol. The molecule has 0 aromatic carbocycles. The van der Waals surface area contributed by atoms with Crippen LogP contribution in [-0.2, 0) is 14.8 Å². The highest BCUT2D eigenvalue weighted by Crippen LogP contribution is 2.37. The number of pyridine rings is 1. The highest BCUT2D eigenvalue weighted by Gasteiger charge is 2.43. The normalized spacial score (nSPS) is 26.9. The third-order valence-electron chi connectivity index (χ3n) is 4.45. The van der Waals surface area contributed by atoms with E-state index >= 15 is 0 Å². The van der Waals surface area contributed by atoms with Crippen LogP contribution >= 0.6 is 11.6 Å². The Bertz CT molecular complexity index is 747. The van der Waals surface area contributed by atoms with E-state index in [1.165, 1.54) is 6.07 Å². The van der Waals surface area contributed by atoms with Crippen molar-refractivity contribution in [1.82, 2.24) is 10.3 Å². The van der Waals surface area contributed by atoms with Crippen LogP contribution in [-0.4, -0.2) is 38.2 Å². The Morgan fingerprint density at radius 2 is 2.17 bits per heavy atom. The van der Waals surface area contributed by atoms with Crippen LogP contribution in [0.1, 0.15) is 25.7 Å². The van der Waals surface area contributed by atoms with Crippen LogP contribution in [0, 0.1) is 5.92 Å². The second-order valence-electron chi connectivity index (χ2n) is 6.18. The Labute approximate surface area is 144 Å². The molecule has 1 saturated heterocycles. The molecule has 1 spiro atoms. The summed E-state index contributed by atoms with van der Waals surface area (Å²) in [6.07, 6.45) is 4.06. The summed E-state index contributed by atoms with van der Waals surface area (Å²) in [7, 11) is -3.84. The summed E-state index contributed by atoms with van der Waals surface area (Å²) in [4.78, 5) is 15.0. The Morgan fingerprint density at radius 1 is 1.46 bits per heavy atom. The zero-order valence-corrected chi connectivity index (χ0v) is 14.4. The smallest absolute Gasteiger partial charge is 0.407 e. The highest BCUT2D eigenvalue weighted by molar-refractivity contribution is 7.89. The van der Waals surface area contributed by atoms with Crippen molar-refractivity contribution in [2.24, 2.45) is 11.1 Å². The minimum atomic E-state index is -3.84. The van der Waals surface area contributed by atoms with Crippen LogP contribution in [0.4, 0.5) is 4.79 Å². The van der Waals surface area contributed by atoms with Crippen molar-refractivity contribution in [2.45, 2.75) is 36.2 Å². The zero-order chi connectivity index (χ0) is 17.4. The number of halogens is 1. The average Bonchev–Trinajstić information content (AvgIpc) is 2.88. The fourth-order valence-electron chi connectivity index (χ4n) is 3.02. The van der Waals surface area contributed by atoms with E-state index in [1.54, 1.807) is 0 Å². The summed E-state index contributed by atoms with van der Waals surface area (Å²) in [5.41, 5.74) is -0.374. The number of ether oxygens (including phenoxy) is 2. The van der Waals surface area contributed by atoms with Crippen molar-refractivity contribution in [3.8, 4) is 5.88 Å². The van der Waals surface area contributed by atoms with Gasteiger partial charge >= 0.3 is 6.09 Å². The SMILES string of the molecule is NS(=O)(=O)c1cnc(OC[C@H]2CC[C@@]3(CC2)CNC(=O)O3)c(Cl)c1. The number of nitrogens with one attached hydrogen (secondary N) is 1. The third kappa shape index (κ3) is 3.73. The van der Waals surface area contributed by atoms with Gasteiger partial charge in [-0.3, -0.25) is 0 Å². The van der Waals surface area contributed by atoms with Gasteiger partial charge in [-0.25, -0.2) is 23.3 Å². The Hall–Kier alpha value is -1.58. The van der Waals surface area contributed by atoms with E-state index in [2.05, 4.69) is 10.3 Å². The van der Waals surface area contributed by atoms with Crippen molar-refractivity contribution in [1.29, 1.82) is 0 Å². The standard InChI is InChI=1S/C14H18ClN3O5S/c15-11-5-10(24(16,20)21)6-17-12(11)22-7-9-1-3-14(4-2-9)8-18-13(19)23-14/h5-6,9H,1-4,7-8H2,(H,18,19)(H2,16,20,21)/t9-,14+. The number of aromatic nitrogens is 1. The Morgan fingerprint density at radius 3 is 2.71 bits per heavy atom. The predicted molar refractivity (Wildman–Crippen MR) is 85.3 cm³/mol. The van der Waals surface area contributed by atoms with Gasteiger partial charge in [0, 0.05) is 0 Å². The van der Waals surface area contributed by atoms with Gasteiger partial charge in [0.1, 0.15) is 15.5 Å². The topological polar surface area (TPSA) is 121 Å². The molecule has 132 valence electrons. The molecular formula is C14H18ClN3O5S. The van der Waals surface area contributed by atoms with Crippen LogP contribution in [0.25, 0.3) is 0 Å². The van der Waals surface area contributed by atoms with Crippen LogP contribution in [0.15, 0.2) is 17.2 Å². The second-order valence-corrected chi connectivity index (χ2v) is 8.15. The van der Waals surface area contributed by atoms with Crippen molar-refractivity contribution in [3.05, 3.63) is 17.3 Å². The molecule has 1 saturated carbocycles. The van der Waals surface area contributed by atoms with Crippen LogP contribution < -0.4 is 15.2 Å². The quantitative estimate of drug-likeness (QED) is 0.821. The fraction of sp³-hybridized carbons (Fsp3) is 0.571. The number of nitrogens with two attached hydrogens (primary N) is 1. The summed E-state index contributed by atoms with van der Waals surface area (Å²) < 4.78 is 33.5. The minimum Gasteiger partial charge on any atom is -0.476 e. The molecule has 0 bridgehead atoms. The molecule has 3 N–H and O–H groups in total. The first-order chi connectivity index (χ1) is 11.3. The lowest BCUT2D eigenvalue weighted by Crippen LogP contribution is -2.38. The molecule has 8 nitrogen and oxygen atoms in total. The minimum absolute atomic E-state index is 0.0997. The maximum Gasteiger partial charge on any atom is 0.407 e. The van der Waals surface area contributed by atoms with Crippen LogP contribution in [0.5, 0.6) is 5.88 Å². The van der Waals surface area contributed by atoms with E-state index in [0.29, 0.717) is 19.1 Å². The molecule has 1 aromatic rings. The number of carbonyl (C=O) groups excluding carboxylic acids is 1. The first-order valence-electron chi connectivity index (χ1n) is 7.55. The summed E-state index contributed by atoms with van der Waals surface area (Å²) in [6.45, 7) is 0.973. The number of amides is 1. The molecule has 1 aromatic heterocycles. The lowest BCUT2D eigenvalue weighted by Gasteiger charge is -2.34. The molecule has 10 heteroatoms. The van der Waals surface area contributed by atoms with Crippen molar-refractivity contribution < 1.29 is 22.7 Å². The molecule has 2 aliphatic rings. The molecule has 0 radical (unpaired) electrons. The Balaban J connectivity index is 1.55. The Kier molecular flexibility index (Phi) is 4.58. The largest absolute Gasteiger partial charge is 0.476 e. The van der Waals surface area contributed by atoms with E-state index in [9.17, 15) is 13.2 Å². The molecular weight excluding hydrogens is 358 g/mol. The summed E-state index contributed by atoms with van der Waals surface area (Å²) >= 11 is 5.99. The van der Waals surface area contributed by atoms with Gasteiger partial charge in [-0.2, -0.15) is 0 Å². The number of alkyl carbamates (subject to hydrolysis) is 1. The summed E-state index contributed by atoms with van der Waals surface area (Å²) in [6, 6.07) is 1.22. The molecule has 3 rings (SSSR count). The van der Waals surface area contributed by atoms with Crippen molar-refractivity contribution in [2.75, 3.05) is 13.2 Å². The number of primary sulfonamides is 1. The molecule has 2 heterocycles. The summed E-state index contributed by atoms with van der Waals surface area (Å²) in [5.74, 6) is 0.476. The van der Waals surface area contributed by atoms with Gasteiger partial charge in [0.05, 0.1) is 19.3 Å². The van der Waals surface area contributed by atoms with E-state index in [4.69, 9.17) is 26.2 Å². The van der Waals surface area contributed by atoms with E-state index in [1.807, 2.05) is 0 Å². The predicted octanol–water partition coefficient (Wildman–Crippen LogP) is 1.43. The van der Waals surface area contributed by atoms with E-state index in [0.717, 1.165) is 31.9 Å². The highest BCUT2D eigenvalue weighted by atomic mass is 35.5. The lowest BCUT2D eigenvalue weighted by atomic mass is 9.79. The van der Waals surface area contributed by atoms with Gasteiger partial charge in [-0.1, -0.05) is 11.6 Å². The number of sulfonamides is 1. The molecule has 2 fully saturated rings. The maximum absolute atomic E-state index is 11.2. The van der Waals surface area contributed by atoms with Gasteiger partial charge in [0.2, 0.25) is 15.9 Å².